The molecular weight excluding hydrogens is 528 g/mol. The van der Waals surface area contributed by atoms with Crippen molar-refractivity contribution in [2.24, 2.45) is 0 Å². The lowest BCUT2D eigenvalue weighted by molar-refractivity contribution is -0.138. The topological polar surface area (TPSA) is 94.5 Å². The standard InChI is InChI=1S/C31H37ClN4O4/c1-7-40-30(38)28-24(18-39-17-16-36-20(3)34-23-14-10-11-15-25(23)36)33-19(2)26(29(37)35-31(4,5)6)27(28)21-12-8-9-13-22(21)32/h8-15,27,33H,7,16-18H2,1-6H3,(H,35,37)/t27-/m0/s1. The summed E-state index contributed by atoms with van der Waals surface area (Å²) in [4.78, 5) is 31.7. The molecule has 1 atom stereocenters. The van der Waals surface area contributed by atoms with Gasteiger partial charge in [0.15, 0.2) is 0 Å². The number of allylic oxidation sites excluding steroid dienone is 1. The number of fused-ring (bicyclic) bond motifs is 1. The van der Waals surface area contributed by atoms with E-state index in [1.807, 2.05) is 77.1 Å². The van der Waals surface area contributed by atoms with E-state index in [1.165, 1.54) is 0 Å². The predicted molar refractivity (Wildman–Crippen MR) is 157 cm³/mol. The average Bonchev–Trinajstić information content (AvgIpc) is 3.20. The second-order valence-corrected chi connectivity index (χ2v) is 11.2. The van der Waals surface area contributed by atoms with E-state index >= 15 is 0 Å². The molecule has 212 valence electrons. The molecule has 2 aromatic carbocycles. The maximum atomic E-state index is 13.6. The van der Waals surface area contributed by atoms with Gasteiger partial charge in [0.2, 0.25) is 5.91 Å². The number of imidazole rings is 1. The van der Waals surface area contributed by atoms with Crippen LogP contribution in [0.15, 0.2) is 71.1 Å². The highest BCUT2D eigenvalue weighted by Gasteiger charge is 2.39. The third kappa shape index (κ3) is 6.40. The van der Waals surface area contributed by atoms with Gasteiger partial charge in [0.05, 0.1) is 48.0 Å². The van der Waals surface area contributed by atoms with E-state index in [9.17, 15) is 9.59 Å². The summed E-state index contributed by atoms with van der Waals surface area (Å²) in [6.07, 6.45) is 0. The number of ether oxygens (including phenoxy) is 2. The van der Waals surface area contributed by atoms with Gasteiger partial charge in [-0.3, -0.25) is 4.79 Å². The highest BCUT2D eigenvalue weighted by molar-refractivity contribution is 6.31. The number of aromatic nitrogens is 2. The molecule has 8 nitrogen and oxygen atoms in total. The Labute approximate surface area is 240 Å². The van der Waals surface area contributed by atoms with Gasteiger partial charge in [-0.2, -0.15) is 0 Å². The normalized spacial score (nSPS) is 15.8. The zero-order chi connectivity index (χ0) is 29.0. The molecule has 4 rings (SSSR count). The van der Waals surface area contributed by atoms with Crippen LogP contribution in [0.1, 0.15) is 51.9 Å². The van der Waals surface area contributed by atoms with Gasteiger partial charge in [-0.05, 0) is 65.3 Å². The largest absolute Gasteiger partial charge is 0.463 e. The fourth-order valence-corrected chi connectivity index (χ4v) is 5.24. The van der Waals surface area contributed by atoms with E-state index in [1.54, 1.807) is 13.0 Å². The monoisotopic (exact) mass is 564 g/mol. The second kappa shape index (κ2) is 12.3. The Balaban J connectivity index is 1.68. The molecule has 0 radical (unpaired) electrons. The maximum Gasteiger partial charge on any atom is 0.336 e. The average molecular weight is 565 g/mol. The summed E-state index contributed by atoms with van der Waals surface area (Å²) in [6, 6.07) is 15.2. The highest BCUT2D eigenvalue weighted by Crippen LogP contribution is 2.41. The number of amides is 1. The molecule has 1 aromatic heterocycles. The molecule has 0 aliphatic carbocycles. The number of carbonyl (C=O) groups is 2. The Morgan fingerprint density at radius 1 is 1.07 bits per heavy atom. The van der Waals surface area contributed by atoms with Crippen molar-refractivity contribution in [3.63, 3.8) is 0 Å². The molecule has 3 aromatic rings. The minimum absolute atomic E-state index is 0.117. The lowest BCUT2D eigenvalue weighted by Gasteiger charge is -2.33. The van der Waals surface area contributed by atoms with Crippen molar-refractivity contribution in [3.8, 4) is 0 Å². The van der Waals surface area contributed by atoms with Crippen molar-refractivity contribution in [3.05, 3.63) is 87.5 Å². The summed E-state index contributed by atoms with van der Waals surface area (Å²) >= 11 is 6.66. The number of halogens is 1. The van der Waals surface area contributed by atoms with Crippen molar-refractivity contribution in [2.45, 2.75) is 59.5 Å². The summed E-state index contributed by atoms with van der Waals surface area (Å²) in [5, 5.41) is 6.78. The molecule has 2 heterocycles. The lowest BCUT2D eigenvalue weighted by Crippen LogP contribution is -2.45. The lowest BCUT2D eigenvalue weighted by atomic mass is 9.79. The van der Waals surface area contributed by atoms with Crippen LogP contribution in [0.5, 0.6) is 0 Å². The Morgan fingerprint density at radius 3 is 2.48 bits per heavy atom. The van der Waals surface area contributed by atoms with Crippen LogP contribution in [-0.4, -0.2) is 46.8 Å². The molecule has 2 N–H and O–H groups in total. The number of rotatable bonds is 9. The SMILES string of the molecule is CCOC(=O)C1=C(COCCn2c(C)nc3ccccc32)NC(C)=C(C(=O)NC(C)(C)C)[C@@H]1c1ccccc1Cl. The van der Waals surface area contributed by atoms with E-state index < -0.39 is 17.4 Å². The molecule has 1 amide bonds. The number of esters is 1. The maximum absolute atomic E-state index is 13.6. The number of nitrogens with one attached hydrogen (secondary N) is 2. The quantitative estimate of drug-likeness (QED) is 0.267. The van der Waals surface area contributed by atoms with E-state index in [0.29, 0.717) is 46.3 Å². The van der Waals surface area contributed by atoms with Gasteiger partial charge >= 0.3 is 5.97 Å². The smallest absolute Gasteiger partial charge is 0.336 e. The molecule has 1 aliphatic rings. The van der Waals surface area contributed by atoms with Crippen molar-refractivity contribution in [1.82, 2.24) is 20.2 Å². The molecule has 40 heavy (non-hydrogen) atoms. The molecule has 0 saturated carbocycles. The van der Waals surface area contributed by atoms with Crippen molar-refractivity contribution in [1.29, 1.82) is 0 Å². The van der Waals surface area contributed by atoms with Crippen molar-refractivity contribution < 1.29 is 19.1 Å². The van der Waals surface area contributed by atoms with Gasteiger partial charge in [0.25, 0.3) is 0 Å². The van der Waals surface area contributed by atoms with Crippen molar-refractivity contribution >= 4 is 34.5 Å². The van der Waals surface area contributed by atoms with Gasteiger partial charge in [-0.15, -0.1) is 0 Å². The van der Waals surface area contributed by atoms with Crippen LogP contribution < -0.4 is 10.6 Å². The first-order chi connectivity index (χ1) is 19.0. The summed E-state index contributed by atoms with van der Waals surface area (Å²) < 4.78 is 13.7. The van der Waals surface area contributed by atoms with Crippen LogP contribution in [0.25, 0.3) is 11.0 Å². The van der Waals surface area contributed by atoms with Crippen LogP contribution in [0.2, 0.25) is 5.02 Å². The molecule has 0 fully saturated rings. The fraction of sp³-hybridized carbons (Fsp3) is 0.387. The van der Waals surface area contributed by atoms with Gasteiger partial charge in [0.1, 0.15) is 5.82 Å². The number of carbonyl (C=O) groups excluding carboxylic acids is 2. The van der Waals surface area contributed by atoms with Crippen LogP contribution in [0.4, 0.5) is 0 Å². The van der Waals surface area contributed by atoms with Gasteiger partial charge in [-0.1, -0.05) is 41.9 Å². The summed E-state index contributed by atoms with van der Waals surface area (Å²) in [5.41, 5.74) is 4.02. The third-order valence-electron chi connectivity index (χ3n) is 6.64. The molecule has 0 bridgehead atoms. The Kier molecular flexibility index (Phi) is 9.01. The first kappa shape index (κ1) is 29.4. The van der Waals surface area contributed by atoms with E-state index in [2.05, 4.69) is 20.2 Å². The van der Waals surface area contributed by atoms with Gasteiger partial charge in [0, 0.05) is 28.4 Å². The third-order valence-corrected chi connectivity index (χ3v) is 6.98. The molecule has 9 heteroatoms. The number of dihydropyridines is 1. The first-order valence-electron chi connectivity index (χ1n) is 13.5. The van der Waals surface area contributed by atoms with Crippen LogP contribution in [-0.2, 0) is 25.6 Å². The zero-order valence-corrected chi connectivity index (χ0v) is 24.7. The molecule has 1 aliphatic heterocycles. The number of aryl methyl sites for hydroxylation is 1. The van der Waals surface area contributed by atoms with E-state index in [4.69, 9.17) is 21.1 Å². The first-order valence-corrected chi connectivity index (χ1v) is 13.8. The van der Waals surface area contributed by atoms with Crippen LogP contribution in [0.3, 0.4) is 0 Å². The Bertz CT molecular complexity index is 1480. The Hall–Kier alpha value is -3.62. The summed E-state index contributed by atoms with van der Waals surface area (Å²) in [6.45, 7) is 12.6. The summed E-state index contributed by atoms with van der Waals surface area (Å²) in [5.74, 6) is -0.649. The molecule has 0 unspecified atom stereocenters. The van der Waals surface area contributed by atoms with E-state index in [-0.39, 0.29) is 19.1 Å². The van der Waals surface area contributed by atoms with Crippen LogP contribution in [0, 0.1) is 6.92 Å². The van der Waals surface area contributed by atoms with Crippen molar-refractivity contribution in [2.75, 3.05) is 19.8 Å². The fourth-order valence-electron chi connectivity index (χ4n) is 5.00. The minimum Gasteiger partial charge on any atom is -0.463 e. The summed E-state index contributed by atoms with van der Waals surface area (Å²) in [7, 11) is 0. The second-order valence-electron chi connectivity index (χ2n) is 10.8. The minimum atomic E-state index is -0.741. The predicted octanol–water partition coefficient (Wildman–Crippen LogP) is 5.41. The highest BCUT2D eigenvalue weighted by atomic mass is 35.5. The molecule has 0 saturated heterocycles. The van der Waals surface area contributed by atoms with E-state index in [0.717, 1.165) is 16.9 Å². The molecule has 0 spiro atoms. The molecular formula is C31H37ClN4O4. The number of hydrogen-bond donors (Lipinski definition) is 2. The van der Waals surface area contributed by atoms with Gasteiger partial charge in [-0.25, -0.2) is 9.78 Å². The van der Waals surface area contributed by atoms with Crippen LogP contribution >= 0.6 is 11.6 Å². The number of nitrogens with zero attached hydrogens (tertiary/aromatic N) is 2. The number of para-hydroxylation sites is 2. The Morgan fingerprint density at radius 2 is 1.77 bits per heavy atom. The number of hydrogen-bond acceptors (Lipinski definition) is 6. The number of benzene rings is 2. The zero-order valence-electron chi connectivity index (χ0n) is 23.9. The van der Waals surface area contributed by atoms with Gasteiger partial charge < -0.3 is 24.7 Å².